The highest BCUT2D eigenvalue weighted by molar-refractivity contribution is 6.04. The molecule has 2 aromatic carbocycles. The van der Waals surface area contributed by atoms with Gasteiger partial charge in [0.25, 0.3) is 5.91 Å². The van der Waals surface area contributed by atoms with Crippen LogP contribution in [0.2, 0.25) is 0 Å². The number of hydrogen-bond acceptors (Lipinski definition) is 6. The summed E-state index contributed by atoms with van der Waals surface area (Å²) in [5.41, 5.74) is 3.95. The topological polar surface area (TPSA) is 90.6 Å². The standard InChI is InChI=1S/C26H21N5O3/c1-18-6-11-24-29-21(16-31(24)15-18)17-33-23-5-2-4-19(14-23)25(32)30-20-7-9-22(10-8-20)34-26-27-12-3-13-28-26/h2-16H,17H2,1H3,(H,30,32). The Bertz CT molecular complexity index is 1430. The Morgan fingerprint density at radius 3 is 2.59 bits per heavy atom. The summed E-state index contributed by atoms with van der Waals surface area (Å²) >= 11 is 0. The van der Waals surface area contributed by atoms with E-state index in [0.717, 1.165) is 16.9 Å². The van der Waals surface area contributed by atoms with Crippen LogP contribution in [0.3, 0.4) is 0 Å². The number of hydrogen-bond donors (Lipinski definition) is 1. The van der Waals surface area contributed by atoms with Crippen LogP contribution < -0.4 is 14.8 Å². The van der Waals surface area contributed by atoms with Gasteiger partial charge in [0.05, 0.1) is 5.69 Å². The van der Waals surface area contributed by atoms with Crippen LogP contribution in [-0.2, 0) is 6.61 Å². The number of ether oxygens (including phenoxy) is 2. The first-order valence-corrected chi connectivity index (χ1v) is 10.7. The molecule has 8 nitrogen and oxygen atoms in total. The lowest BCUT2D eigenvalue weighted by Gasteiger charge is -2.09. The zero-order valence-electron chi connectivity index (χ0n) is 18.4. The highest BCUT2D eigenvalue weighted by Crippen LogP contribution is 2.21. The summed E-state index contributed by atoms with van der Waals surface area (Å²) in [7, 11) is 0. The molecule has 168 valence electrons. The van der Waals surface area contributed by atoms with Crippen LogP contribution in [0.5, 0.6) is 17.5 Å². The number of imidazole rings is 1. The van der Waals surface area contributed by atoms with Gasteiger partial charge in [-0.2, -0.15) is 0 Å². The molecule has 1 amide bonds. The molecule has 5 rings (SSSR count). The average molecular weight is 451 g/mol. The molecule has 34 heavy (non-hydrogen) atoms. The Labute approximate surface area is 195 Å². The minimum atomic E-state index is -0.242. The Hall–Kier alpha value is -4.72. The first-order valence-electron chi connectivity index (χ1n) is 10.7. The molecular formula is C26H21N5O3. The van der Waals surface area contributed by atoms with Gasteiger partial charge in [0, 0.05) is 36.0 Å². The molecule has 0 aliphatic heterocycles. The van der Waals surface area contributed by atoms with E-state index < -0.39 is 0 Å². The highest BCUT2D eigenvalue weighted by atomic mass is 16.5. The fraction of sp³-hybridized carbons (Fsp3) is 0.0769. The van der Waals surface area contributed by atoms with Gasteiger partial charge in [-0.05, 0) is 67.1 Å². The second kappa shape index (κ2) is 9.41. The number of carbonyl (C=O) groups excluding carboxylic acids is 1. The van der Waals surface area contributed by atoms with Crippen LogP contribution >= 0.6 is 0 Å². The Morgan fingerprint density at radius 2 is 1.76 bits per heavy atom. The van der Waals surface area contributed by atoms with Gasteiger partial charge >= 0.3 is 6.01 Å². The van der Waals surface area contributed by atoms with E-state index in [2.05, 4.69) is 20.3 Å². The molecule has 1 N–H and O–H groups in total. The van der Waals surface area contributed by atoms with E-state index in [0.29, 0.717) is 29.4 Å². The Kier molecular flexibility index (Phi) is 5.85. The lowest BCUT2D eigenvalue weighted by molar-refractivity contribution is 0.102. The molecule has 0 saturated carbocycles. The number of nitrogens with zero attached hydrogens (tertiary/aromatic N) is 4. The number of benzene rings is 2. The fourth-order valence-electron chi connectivity index (χ4n) is 3.36. The predicted molar refractivity (Wildman–Crippen MR) is 127 cm³/mol. The number of nitrogens with one attached hydrogen (secondary N) is 1. The molecule has 0 bridgehead atoms. The van der Waals surface area contributed by atoms with Crippen LogP contribution in [0.25, 0.3) is 5.65 Å². The molecule has 0 fully saturated rings. The van der Waals surface area contributed by atoms with Crippen LogP contribution in [0.15, 0.2) is 91.5 Å². The molecule has 5 aromatic rings. The van der Waals surface area contributed by atoms with Crippen molar-refractivity contribution in [1.82, 2.24) is 19.4 Å². The summed E-state index contributed by atoms with van der Waals surface area (Å²) in [6, 6.07) is 20.0. The number of fused-ring (bicyclic) bond motifs is 1. The third-order valence-electron chi connectivity index (χ3n) is 5.00. The molecule has 0 spiro atoms. The van der Waals surface area contributed by atoms with E-state index >= 15 is 0 Å². The van der Waals surface area contributed by atoms with Crippen molar-refractivity contribution in [1.29, 1.82) is 0 Å². The van der Waals surface area contributed by atoms with Gasteiger partial charge in [-0.15, -0.1) is 0 Å². The molecule has 0 radical (unpaired) electrons. The number of pyridine rings is 1. The largest absolute Gasteiger partial charge is 0.487 e. The molecule has 3 aromatic heterocycles. The van der Waals surface area contributed by atoms with Crippen molar-refractivity contribution in [3.8, 4) is 17.5 Å². The SMILES string of the molecule is Cc1ccc2nc(COc3cccc(C(=O)Nc4ccc(Oc5ncccn5)cc4)c3)cn2c1. The summed E-state index contributed by atoms with van der Waals surface area (Å²) in [6.45, 7) is 2.34. The van der Waals surface area contributed by atoms with Gasteiger partial charge in [0.2, 0.25) is 0 Å². The maximum atomic E-state index is 12.7. The maximum Gasteiger partial charge on any atom is 0.321 e. The van der Waals surface area contributed by atoms with Crippen LogP contribution in [0.4, 0.5) is 5.69 Å². The van der Waals surface area contributed by atoms with E-state index in [9.17, 15) is 4.79 Å². The lowest BCUT2D eigenvalue weighted by atomic mass is 10.2. The van der Waals surface area contributed by atoms with Gasteiger partial charge in [-0.25, -0.2) is 15.0 Å². The molecule has 3 heterocycles. The van der Waals surface area contributed by atoms with Gasteiger partial charge in [-0.1, -0.05) is 12.1 Å². The van der Waals surface area contributed by atoms with Gasteiger partial charge in [0.15, 0.2) is 0 Å². The van der Waals surface area contributed by atoms with Crippen molar-refractivity contribution in [3.05, 3.63) is 108 Å². The van der Waals surface area contributed by atoms with Gasteiger partial charge in [-0.3, -0.25) is 4.79 Å². The summed E-state index contributed by atoms with van der Waals surface area (Å²) in [4.78, 5) is 25.3. The zero-order chi connectivity index (χ0) is 23.3. The monoisotopic (exact) mass is 451 g/mol. The second-order valence-electron chi connectivity index (χ2n) is 7.63. The number of carbonyl (C=O) groups is 1. The summed E-state index contributed by atoms with van der Waals surface area (Å²) < 4.78 is 13.4. The molecule has 0 aliphatic rings. The van der Waals surface area contributed by atoms with Crippen LogP contribution in [0.1, 0.15) is 21.6 Å². The van der Waals surface area contributed by atoms with E-state index in [4.69, 9.17) is 9.47 Å². The van der Waals surface area contributed by atoms with Gasteiger partial charge in [0.1, 0.15) is 23.8 Å². The van der Waals surface area contributed by atoms with E-state index in [1.807, 2.05) is 41.9 Å². The summed E-state index contributed by atoms with van der Waals surface area (Å²) in [6.07, 6.45) is 7.17. The maximum absolute atomic E-state index is 12.7. The van der Waals surface area contributed by atoms with Gasteiger partial charge < -0.3 is 19.2 Å². The third kappa shape index (κ3) is 5.02. The van der Waals surface area contributed by atoms with Crippen LogP contribution in [0, 0.1) is 6.92 Å². The van der Waals surface area contributed by atoms with Crippen molar-refractivity contribution >= 4 is 17.2 Å². The molecule has 0 saturated heterocycles. The van der Waals surface area contributed by atoms with Crippen LogP contribution in [-0.4, -0.2) is 25.3 Å². The molecule has 0 aliphatic carbocycles. The molecule has 0 unspecified atom stereocenters. The second-order valence-corrected chi connectivity index (χ2v) is 7.63. The van der Waals surface area contributed by atoms with Crippen molar-refractivity contribution in [2.75, 3.05) is 5.32 Å². The normalized spacial score (nSPS) is 10.7. The predicted octanol–water partition coefficient (Wildman–Crippen LogP) is 5.06. The van der Waals surface area contributed by atoms with E-state index in [1.165, 1.54) is 0 Å². The third-order valence-corrected chi connectivity index (χ3v) is 5.00. The van der Waals surface area contributed by atoms with E-state index in [-0.39, 0.29) is 11.9 Å². The van der Waals surface area contributed by atoms with E-state index in [1.54, 1.807) is 60.9 Å². The molecule has 8 heteroatoms. The van der Waals surface area contributed by atoms with Crippen molar-refractivity contribution in [2.45, 2.75) is 13.5 Å². The smallest absolute Gasteiger partial charge is 0.321 e. The molecular weight excluding hydrogens is 430 g/mol. The number of amides is 1. The number of rotatable bonds is 7. The Balaban J connectivity index is 1.20. The first kappa shape index (κ1) is 21.1. The first-order chi connectivity index (χ1) is 16.6. The molecule has 0 atom stereocenters. The summed E-state index contributed by atoms with van der Waals surface area (Å²) in [5.74, 6) is 0.919. The average Bonchev–Trinajstić information content (AvgIpc) is 3.27. The number of aromatic nitrogens is 4. The highest BCUT2D eigenvalue weighted by Gasteiger charge is 2.09. The summed E-state index contributed by atoms with van der Waals surface area (Å²) in [5, 5.41) is 2.88. The number of anilines is 1. The van der Waals surface area contributed by atoms with Crippen molar-refractivity contribution in [3.63, 3.8) is 0 Å². The zero-order valence-corrected chi connectivity index (χ0v) is 18.4. The van der Waals surface area contributed by atoms with Crippen molar-refractivity contribution in [2.24, 2.45) is 0 Å². The fourth-order valence-corrected chi connectivity index (χ4v) is 3.36. The quantitative estimate of drug-likeness (QED) is 0.372. The lowest BCUT2D eigenvalue weighted by Crippen LogP contribution is -2.12. The minimum absolute atomic E-state index is 0.242. The van der Waals surface area contributed by atoms with Crippen molar-refractivity contribution < 1.29 is 14.3 Å². The number of aryl methyl sites for hydroxylation is 1. The Morgan fingerprint density at radius 1 is 0.941 bits per heavy atom. The minimum Gasteiger partial charge on any atom is -0.487 e.